The topological polar surface area (TPSA) is 115 Å². The highest BCUT2D eigenvalue weighted by molar-refractivity contribution is 6.42. The predicted molar refractivity (Wildman–Crippen MR) is 102 cm³/mol. The van der Waals surface area contributed by atoms with Gasteiger partial charge in [0, 0.05) is 5.56 Å². The van der Waals surface area contributed by atoms with Crippen molar-refractivity contribution in [3.8, 4) is 11.3 Å². The summed E-state index contributed by atoms with van der Waals surface area (Å²) in [5.74, 6) is 0.568. The minimum Gasteiger partial charge on any atom is -0.455 e. The van der Waals surface area contributed by atoms with E-state index < -0.39 is 18.0 Å². The number of urea groups is 1. The minimum atomic E-state index is -0.859. The van der Waals surface area contributed by atoms with Crippen LogP contribution in [0.2, 0.25) is 10.0 Å². The van der Waals surface area contributed by atoms with Gasteiger partial charge < -0.3 is 15.9 Å². The van der Waals surface area contributed by atoms with E-state index in [2.05, 4.69) is 4.99 Å². The molecule has 26 heavy (non-hydrogen) atoms. The van der Waals surface area contributed by atoms with Crippen LogP contribution in [0.4, 0.5) is 4.79 Å². The fourth-order valence-corrected chi connectivity index (χ4v) is 2.41. The molecule has 1 unspecified atom stereocenters. The zero-order valence-corrected chi connectivity index (χ0v) is 15.5. The number of primary amides is 1. The van der Waals surface area contributed by atoms with Crippen molar-refractivity contribution in [2.45, 2.75) is 13.0 Å². The van der Waals surface area contributed by atoms with Gasteiger partial charge in [-0.25, -0.2) is 4.79 Å². The first-order chi connectivity index (χ1) is 12.3. The summed E-state index contributed by atoms with van der Waals surface area (Å²) in [4.78, 5) is 28.1. The number of aliphatic imine (C=N–C) groups is 1. The number of nitrogens with two attached hydrogens (primary N) is 2. The van der Waals surface area contributed by atoms with Gasteiger partial charge in [0.25, 0.3) is 0 Å². The van der Waals surface area contributed by atoms with E-state index in [4.69, 9.17) is 39.1 Å². The van der Waals surface area contributed by atoms with Crippen LogP contribution in [0.25, 0.3) is 11.3 Å². The summed E-state index contributed by atoms with van der Waals surface area (Å²) >= 11 is 11.9. The lowest BCUT2D eigenvalue weighted by Gasteiger charge is -2.19. The molecule has 0 aliphatic heterocycles. The molecule has 0 bridgehead atoms. The second-order valence-electron chi connectivity index (χ2n) is 5.48. The summed E-state index contributed by atoms with van der Waals surface area (Å²) in [6.07, 6.45) is 1.50. The molecule has 7 nitrogen and oxygen atoms in total. The third-order valence-electron chi connectivity index (χ3n) is 3.42. The molecule has 1 aromatic heterocycles. The van der Waals surface area contributed by atoms with Crippen molar-refractivity contribution in [3.05, 3.63) is 46.1 Å². The van der Waals surface area contributed by atoms with Crippen LogP contribution in [0.15, 0.2) is 39.7 Å². The Hall–Kier alpha value is -2.35. The van der Waals surface area contributed by atoms with E-state index >= 15 is 0 Å². The molecule has 0 aliphatic carbocycles. The van der Waals surface area contributed by atoms with Crippen molar-refractivity contribution in [3.63, 3.8) is 0 Å². The first kappa shape index (κ1) is 20.0. The van der Waals surface area contributed by atoms with Gasteiger partial charge in [0.15, 0.2) is 0 Å². The van der Waals surface area contributed by atoms with Gasteiger partial charge in [-0.1, -0.05) is 23.2 Å². The zero-order chi connectivity index (χ0) is 19.3. The number of furan rings is 1. The smallest absolute Gasteiger partial charge is 0.321 e. The van der Waals surface area contributed by atoms with Gasteiger partial charge in [-0.15, -0.1) is 0 Å². The third-order valence-corrected chi connectivity index (χ3v) is 4.16. The Bertz CT molecular complexity index is 833. The number of amides is 3. The number of halogens is 2. The number of hydrogen-bond donors (Lipinski definition) is 2. The van der Waals surface area contributed by atoms with Gasteiger partial charge in [-0.3, -0.25) is 14.7 Å². The maximum absolute atomic E-state index is 11.8. The molecule has 0 spiro atoms. The Morgan fingerprint density at radius 1 is 1.27 bits per heavy atom. The fraction of sp³-hybridized carbons (Fsp3) is 0.235. The number of carbonyl (C=O) groups is 2. The molecule has 3 amide bonds. The number of carbonyl (C=O) groups excluding carboxylic acids is 2. The molecule has 2 rings (SSSR count). The van der Waals surface area contributed by atoms with Gasteiger partial charge in [-0.2, -0.15) is 0 Å². The molecule has 1 heterocycles. The monoisotopic (exact) mass is 396 g/mol. The van der Waals surface area contributed by atoms with Crippen molar-refractivity contribution < 1.29 is 14.0 Å². The van der Waals surface area contributed by atoms with E-state index in [1.807, 2.05) is 0 Å². The summed E-state index contributed by atoms with van der Waals surface area (Å²) in [7, 11) is 0. The van der Waals surface area contributed by atoms with Gasteiger partial charge in [0.1, 0.15) is 11.5 Å². The molecule has 9 heteroatoms. The number of rotatable bonds is 6. The maximum Gasteiger partial charge on any atom is 0.321 e. The molecule has 4 N–H and O–H groups in total. The first-order valence-corrected chi connectivity index (χ1v) is 8.46. The highest BCUT2D eigenvalue weighted by Crippen LogP contribution is 2.29. The van der Waals surface area contributed by atoms with Crippen LogP contribution < -0.4 is 11.5 Å². The second-order valence-corrected chi connectivity index (χ2v) is 6.30. The first-order valence-electron chi connectivity index (χ1n) is 7.71. The van der Waals surface area contributed by atoms with Crippen LogP contribution in [0.3, 0.4) is 0 Å². The van der Waals surface area contributed by atoms with Gasteiger partial charge >= 0.3 is 6.03 Å². The predicted octanol–water partition coefficient (Wildman–Crippen LogP) is 2.93. The third kappa shape index (κ3) is 5.08. The maximum atomic E-state index is 11.8. The van der Waals surface area contributed by atoms with Crippen molar-refractivity contribution in [1.29, 1.82) is 0 Å². The van der Waals surface area contributed by atoms with Crippen molar-refractivity contribution in [2.24, 2.45) is 16.5 Å². The standard InChI is InChI=1S/C17H18Cl2N4O3/c1-10(20)16(24)23(17(21)25)7-6-22-9-12-3-5-15(26-12)11-2-4-13(18)14(19)8-11/h2-5,8-10H,6-7,20H2,1H3,(H2,21,25). The summed E-state index contributed by atoms with van der Waals surface area (Å²) in [6.45, 7) is 1.69. The van der Waals surface area contributed by atoms with Crippen LogP contribution in [-0.2, 0) is 4.79 Å². The molecule has 1 atom stereocenters. The normalized spacial score (nSPS) is 12.3. The van der Waals surface area contributed by atoms with Crippen LogP contribution in [0.5, 0.6) is 0 Å². The average molecular weight is 397 g/mol. The Morgan fingerprint density at radius 2 is 2.00 bits per heavy atom. The molecule has 0 aliphatic rings. The molecule has 0 saturated carbocycles. The van der Waals surface area contributed by atoms with Crippen molar-refractivity contribution >= 4 is 41.4 Å². The van der Waals surface area contributed by atoms with Crippen LogP contribution >= 0.6 is 23.2 Å². The van der Waals surface area contributed by atoms with E-state index in [1.54, 1.807) is 30.3 Å². The number of hydrogen-bond acceptors (Lipinski definition) is 5. The molecule has 0 fully saturated rings. The second kappa shape index (κ2) is 8.84. The number of nitrogens with zero attached hydrogens (tertiary/aromatic N) is 2. The zero-order valence-electron chi connectivity index (χ0n) is 14.0. The van der Waals surface area contributed by atoms with Gasteiger partial charge in [0.05, 0.1) is 35.4 Å². The highest BCUT2D eigenvalue weighted by Gasteiger charge is 2.21. The molecule has 0 radical (unpaired) electrons. The van der Waals surface area contributed by atoms with Crippen LogP contribution in [-0.4, -0.2) is 42.2 Å². The van der Waals surface area contributed by atoms with E-state index in [0.29, 0.717) is 21.6 Å². The minimum absolute atomic E-state index is 0.0343. The summed E-state index contributed by atoms with van der Waals surface area (Å²) in [5.41, 5.74) is 11.4. The van der Waals surface area contributed by atoms with E-state index in [1.165, 1.54) is 13.1 Å². The SMILES string of the molecule is CC(N)C(=O)N(CCN=Cc1ccc(-c2ccc(Cl)c(Cl)c2)o1)C(N)=O. The quantitative estimate of drug-likeness (QED) is 0.730. The lowest BCUT2D eigenvalue weighted by Crippen LogP contribution is -2.48. The van der Waals surface area contributed by atoms with Gasteiger partial charge in [-0.05, 0) is 37.3 Å². The summed E-state index contributed by atoms with van der Waals surface area (Å²) in [6, 6.07) is 7.01. The summed E-state index contributed by atoms with van der Waals surface area (Å²) in [5, 5.41) is 0.894. The lowest BCUT2D eigenvalue weighted by atomic mass is 10.2. The van der Waals surface area contributed by atoms with E-state index in [9.17, 15) is 9.59 Å². The molecular weight excluding hydrogens is 379 g/mol. The Labute approximate surface area is 160 Å². The van der Waals surface area contributed by atoms with Crippen LogP contribution in [0.1, 0.15) is 12.7 Å². The Morgan fingerprint density at radius 3 is 2.62 bits per heavy atom. The lowest BCUT2D eigenvalue weighted by molar-refractivity contribution is -0.129. The van der Waals surface area contributed by atoms with E-state index in [-0.39, 0.29) is 13.1 Å². The Kier molecular flexibility index (Phi) is 6.79. The number of benzene rings is 1. The molecule has 1 aromatic carbocycles. The fourth-order valence-electron chi connectivity index (χ4n) is 2.11. The summed E-state index contributed by atoms with van der Waals surface area (Å²) < 4.78 is 5.66. The largest absolute Gasteiger partial charge is 0.455 e. The van der Waals surface area contributed by atoms with Crippen molar-refractivity contribution in [1.82, 2.24) is 4.90 Å². The van der Waals surface area contributed by atoms with Crippen LogP contribution in [0, 0.1) is 0 Å². The average Bonchev–Trinajstić information content (AvgIpc) is 3.05. The van der Waals surface area contributed by atoms with Gasteiger partial charge in [0.2, 0.25) is 5.91 Å². The van der Waals surface area contributed by atoms with E-state index in [0.717, 1.165) is 10.5 Å². The van der Waals surface area contributed by atoms with Crippen molar-refractivity contribution in [2.75, 3.05) is 13.1 Å². The Balaban J connectivity index is 1.99. The molecular formula is C17H18Cl2N4O3. The molecule has 138 valence electrons. The molecule has 0 saturated heterocycles. The number of imide groups is 1. The molecule has 2 aromatic rings. The highest BCUT2D eigenvalue weighted by atomic mass is 35.5.